The van der Waals surface area contributed by atoms with Gasteiger partial charge in [-0.15, -0.1) is 0 Å². The van der Waals surface area contributed by atoms with E-state index in [1.54, 1.807) is 0 Å². The summed E-state index contributed by atoms with van der Waals surface area (Å²) in [6, 6.07) is 25.3. The van der Waals surface area contributed by atoms with E-state index in [0.29, 0.717) is 26.1 Å². The Morgan fingerprint density at radius 3 is 1.08 bits per heavy atom. The summed E-state index contributed by atoms with van der Waals surface area (Å²) in [5.41, 5.74) is 4.76. The summed E-state index contributed by atoms with van der Waals surface area (Å²) in [4.78, 5) is 11.4. The average molecular weight is 887 g/mol. The van der Waals surface area contributed by atoms with E-state index in [2.05, 4.69) is 86.6 Å². The second-order valence-electron chi connectivity index (χ2n) is 19.0. The van der Waals surface area contributed by atoms with Crippen molar-refractivity contribution < 1.29 is 18.7 Å². The Bertz CT molecular complexity index is 1480. The second kappa shape index (κ2) is 36.8. The van der Waals surface area contributed by atoms with Gasteiger partial charge in [0.05, 0.1) is 18.9 Å². The molecule has 3 rings (SSSR count). The highest BCUT2D eigenvalue weighted by Crippen LogP contribution is 2.57. The molecule has 3 aromatic rings. The van der Waals surface area contributed by atoms with Crippen LogP contribution in [0.1, 0.15) is 260 Å². The maximum absolute atomic E-state index is 13.8. The fraction of sp³-hybridized carbons (Fsp3) is 0.690. The maximum Gasteiger partial charge on any atom is 0.335 e. The van der Waals surface area contributed by atoms with E-state index in [1.165, 1.54) is 197 Å². The summed E-state index contributed by atoms with van der Waals surface area (Å²) in [6.07, 6.45) is 43.8. The number of ether oxygens (including phenoxy) is 1. The van der Waals surface area contributed by atoms with Crippen molar-refractivity contribution >= 4 is 7.60 Å². The lowest BCUT2D eigenvalue weighted by Gasteiger charge is -2.23. The Morgan fingerprint density at radius 2 is 0.746 bits per heavy atom. The molecule has 0 spiro atoms. The van der Waals surface area contributed by atoms with Crippen molar-refractivity contribution in [3.05, 3.63) is 101 Å². The predicted octanol–water partition coefficient (Wildman–Crippen LogP) is 19.0. The van der Waals surface area contributed by atoms with Crippen LogP contribution >= 0.6 is 7.60 Å². The molecular formula is C58H95O4P. The molecule has 0 bridgehead atoms. The van der Waals surface area contributed by atoms with Crippen molar-refractivity contribution in [3.63, 3.8) is 0 Å². The first-order chi connectivity index (χ1) is 30.9. The minimum Gasteiger partial charge on any atom is -0.493 e. The van der Waals surface area contributed by atoms with Crippen LogP contribution in [0.3, 0.4) is 0 Å². The average Bonchev–Trinajstić information content (AvgIpc) is 3.29. The molecule has 3 aromatic carbocycles. The zero-order valence-corrected chi connectivity index (χ0v) is 42.0. The lowest BCUT2D eigenvalue weighted by molar-refractivity contribution is 0.246. The molecule has 0 radical (unpaired) electrons. The molecule has 0 aliphatic rings. The Morgan fingerprint density at radius 1 is 0.444 bits per heavy atom. The summed E-state index contributed by atoms with van der Waals surface area (Å²) in [6.45, 7) is 7.44. The van der Waals surface area contributed by atoms with E-state index in [0.717, 1.165) is 41.7 Å². The zero-order valence-electron chi connectivity index (χ0n) is 41.1. The third-order valence-electron chi connectivity index (χ3n) is 13.2. The first kappa shape index (κ1) is 54.9. The fourth-order valence-corrected chi connectivity index (χ4v) is 10.2. The molecule has 2 atom stereocenters. The minimum atomic E-state index is -3.91. The summed E-state index contributed by atoms with van der Waals surface area (Å²) in [5.74, 6) is 0.932. The zero-order chi connectivity index (χ0) is 44.9. The molecule has 0 fully saturated rings. The number of benzene rings is 3. The van der Waals surface area contributed by atoms with Crippen LogP contribution in [-0.4, -0.2) is 18.1 Å². The van der Waals surface area contributed by atoms with Gasteiger partial charge in [-0.25, -0.2) is 0 Å². The van der Waals surface area contributed by atoms with Crippen LogP contribution in [0.2, 0.25) is 0 Å². The van der Waals surface area contributed by atoms with Gasteiger partial charge in [0.2, 0.25) is 0 Å². The van der Waals surface area contributed by atoms with Gasteiger partial charge in [-0.3, -0.25) is 4.57 Å². The lowest BCUT2D eigenvalue weighted by atomic mass is 9.94. The van der Waals surface area contributed by atoms with Crippen LogP contribution in [0.5, 0.6) is 5.75 Å². The third kappa shape index (κ3) is 26.4. The molecule has 1 N–H and O–H groups in total. The first-order valence-electron chi connectivity index (χ1n) is 26.8. The largest absolute Gasteiger partial charge is 0.493 e. The van der Waals surface area contributed by atoms with Gasteiger partial charge in [-0.2, -0.15) is 0 Å². The van der Waals surface area contributed by atoms with E-state index in [-0.39, 0.29) is 0 Å². The summed E-state index contributed by atoms with van der Waals surface area (Å²) >= 11 is 0. The summed E-state index contributed by atoms with van der Waals surface area (Å²) < 4.78 is 26.5. The van der Waals surface area contributed by atoms with E-state index >= 15 is 0 Å². The van der Waals surface area contributed by atoms with Crippen LogP contribution in [0, 0.1) is 0 Å². The number of rotatable bonds is 42. The van der Waals surface area contributed by atoms with Crippen molar-refractivity contribution in [1.82, 2.24) is 0 Å². The minimum absolute atomic E-state index is 0.324. The molecule has 0 amide bonds. The van der Waals surface area contributed by atoms with Crippen LogP contribution in [0.15, 0.2) is 72.8 Å². The Balaban J connectivity index is 1.47. The summed E-state index contributed by atoms with van der Waals surface area (Å²) in [7, 11) is -3.91. The van der Waals surface area contributed by atoms with E-state index in [1.807, 2.05) is 6.92 Å². The Kier molecular flexibility index (Phi) is 32.1. The van der Waals surface area contributed by atoms with Crippen molar-refractivity contribution in [3.8, 4) is 5.75 Å². The van der Waals surface area contributed by atoms with Crippen molar-refractivity contribution in [2.24, 2.45) is 0 Å². The molecule has 0 aliphatic carbocycles. The van der Waals surface area contributed by atoms with Gasteiger partial charge < -0.3 is 14.2 Å². The monoisotopic (exact) mass is 887 g/mol. The van der Waals surface area contributed by atoms with Crippen LogP contribution in [-0.2, 0) is 21.9 Å². The highest BCUT2D eigenvalue weighted by Gasteiger charge is 2.31. The molecule has 0 aromatic heterocycles. The molecule has 0 saturated carbocycles. The molecule has 2 unspecified atom stereocenters. The van der Waals surface area contributed by atoms with Crippen LogP contribution in [0.25, 0.3) is 0 Å². The highest BCUT2D eigenvalue weighted by atomic mass is 31.2. The van der Waals surface area contributed by atoms with E-state index in [9.17, 15) is 9.46 Å². The number of hydrogen-bond donors (Lipinski definition) is 1. The van der Waals surface area contributed by atoms with Gasteiger partial charge >= 0.3 is 7.60 Å². The maximum atomic E-state index is 13.8. The SMILES string of the molecule is CCCCCCCCCCCCCCCCCCOc1c(Cc2ccccc2)cc(C(C)P(=O)(O)OCCCCCCCCCCCCCCCCCC)cc1Cc1ccccc1. The molecule has 0 aliphatic heterocycles. The van der Waals surface area contributed by atoms with Crippen molar-refractivity contribution in [2.45, 2.75) is 245 Å². The molecule has 356 valence electrons. The van der Waals surface area contributed by atoms with Gasteiger partial charge in [0.15, 0.2) is 0 Å². The van der Waals surface area contributed by atoms with Gasteiger partial charge in [0.25, 0.3) is 0 Å². The quantitative estimate of drug-likeness (QED) is 0.0455. The smallest absolute Gasteiger partial charge is 0.335 e. The molecular weight excluding hydrogens is 792 g/mol. The molecule has 0 heterocycles. The Labute approximate surface area is 389 Å². The van der Waals surface area contributed by atoms with Gasteiger partial charge in [-0.05, 0) is 47.6 Å². The van der Waals surface area contributed by atoms with Crippen LogP contribution in [0.4, 0.5) is 0 Å². The first-order valence-corrected chi connectivity index (χ1v) is 28.4. The third-order valence-corrected chi connectivity index (χ3v) is 15.1. The molecule has 4 nitrogen and oxygen atoms in total. The van der Waals surface area contributed by atoms with Gasteiger partial charge in [0, 0.05) is 12.8 Å². The Hall–Kier alpha value is -2.39. The van der Waals surface area contributed by atoms with Crippen molar-refractivity contribution in [1.29, 1.82) is 0 Å². The normalized spacial score (nSPS) is 13.0. The predicted molar refractivity (Wildman–Crippen MR) is 274 cm³/mol. The molecule has 0 saturated heterocycles. The number of unbranched alkanes of at least 4 members (excludes halogenated alkanes) is 30. The fourth-order valence-electron chi connectivity index (χ4n) is 9.07. The molecule has 5 heteroatoms. The van der Waals surface area contributed by atoms with E-state index in [4.69, 9.17) is 9.26 Å². The van der Waals surface area contributed by atoms with Gasteiger partial charge in [0.1, 0.15) is 5.75 Å². The standard InChI is InChI=1S/C58H95O4P/c1-4-6-8-10-12-14-16-18-20-22-24-26-28-30-32-40-46-61-58-56(48-53-42-36-34-37-43-53)50-55(51-57(58)49-54-44-38-35-39-45-54)52(3)63(59,60)62-47-41-33-31-29-27-25-23-21-19-17-15-13-11-9-7-5-2/h34-39,42-45,50-52H,4-33,40-41,46-49H2,1-3H3,(H,59,60). The van der Waals surface area contributed by atoms with Crippen LogP contribution < -0.4 is 4.74 Å². The molecule has 63 heavy (non-hydrogen) atoms. The summed E-state index contributed by atoms with van der Waals surface area (Å²) in [5, 5.41) is 0. The topological polar surface area (TPSA) is 55.8 Å². The lowest BCUT2D eigenvalue weighted by Crippen LogP contribution is -2.08. The number of hydrogen-bond acceptors (Lipinski definition) is 3. The van der Waals surface area contributed by atoms with Crippen molar-refractivity contribution in [2.75, 3.05) is 13.2 Å². The van der Waals surface area contributed by atoms with E-state index < -0.39 is 13.3 Å². The second-order valence-corrected chi connectivity index (χ2v) is 21.2. The van der Waals surface area contributed by atoms with Gasteiger partial charge in [-0.1, -0.05) is 279 Å². The highest BCUT2D eigenvalue weighted by molar-refractivity contribution is 7.53.